The molecule has 0 unspecified atom stereocenters. The number of carbonyl (C=O) groups excluding carboxylic acids is 2. The molecule has 0 amide bonds. The predicted octanol–water partition coefficient (Wildman–Crippen LogP) is 2.45. The van der Waals surface area contributed by atoms with E-state index in [0.29, 0.717) is 16.9 Å². The fourth-order valence-electron chi connectivity index (χ4n) is 2.35. The Morgan fingerprint density at radius 3 is 2.36 bits per heavy atom. The number of Topliss-reactive ketones (excluding diaryl/α,β-unsaturated/α-hetero) is 1. The maximum atomic E-state index is 12.9. The minimum atomic E-state index is -4.02. The Morgan fingerprint density at radius 2 is 1.79 bits per heavy atom. The second-order valence-corrected chi connectivity index (χ2v) is 7.70. The molecule has 0 aliphatic carbocycles. The number of hydrogen-bond donors (Lipinski definition) is 1. The first-order valence-electron chi connectivity index (χ1n) is 8.26. The highest BCUT2D eigenvalue weighted by Gasteiger charge is 2.23. The molecule has 0 fully saturated rings. The lowest BCUT2D eigenvalue weighted by atomic mass is 10.1. The molecule has 0 radical (unpaired) electrons. The topological polar surface area (TPSA) is 98.8 Å². The van der Waals surface area contributed by atoms with E-state index in [1.54, 1.807) is 18.2 Å². The summed E-state index contributed by atoms with van der Waals surface area (Å²) in [5, 5.41) is 0. The molecule has 150 valence electrons. The number of sulfonamides is 1. The summed E-state index contributed by atoms with van der Waals surface area (Å²) in [5.74, 6) is -1.12. The van der Waals surface area contributed by atoms with Crippen LogP contribution in [0.25, 0.3) is 0 Å². The number of hydrogen-bond acceptors (Lipinski definition) is 6. The molecule has 2 aromatic carbocycles. The van der Waals surface area contributed by atoms with Crippen molar-refractivity contribution >= 4 is 21.8 Å². The van der Waals surface area contributed by atoms with E-state index in [2.05, 4.69) is 4.72 Å². The van der Waals surface area contributed by atoms with Crippen molar-refractivity contribution in [2.24, 2.45) is 0 Å². The van der Waals surface area contributed by atoms with Crippen molar-refractivity contribution in [3.63, 3.8) is 0 Å². The fourth-order valence-corrected chi connectivity index (χ4v) is 3.54. The van der Waals surface area contributed by atoms with Gasteiger partial charge >= 0.3 is 5.97 Å². The van der Waals surface area contributed by atoms with Crippen molar-refractivity contribution < 1.29 is 31.9 Å². The minimum Gasteiger partial charge on any atom is -0.496 e. The average Bonchev–Trinajstić information content (AvgIpc) is 2.65. The number of nitrogens with one attached hydrogen (secondary N) is 1. The summed E-state index contributed by atoms with van der Waals surface area (Å²) in [6.45, 7) is 2.53. The number of ketones is 1. The van der Waals surface area contributed by atoms with Crippen molar-refractivity contribution in [2.75, 3.05) is 7.11 Å². The Hall–Kier alpha value is -2.78. The molecule has 1 N–H and O–H groups in total. The van der Waals surface area contributed by atoms with Crippen LogP contribution in [0, 0.1) is 5.82 Å². The second kappa shape index (κ2) is 8.94. The van der Waals surface area contributed by atoms with Gasteiger partial charge in [0.1, 0.15) is 24.2 Å². The van der Waals surface area contributed by atoms with Gasteiger partial charge in [-0.1, -0.05) is 0 Å². The maximum absolute atomic E-state index is 12.9. The van der Waals surface area contributed by atoms with Crippen LogP contribution in [0.4, 0.5) is 4.39 Å². The van der Waals surface area contributed by atoms with E-state index in [1.165, 1.54) is 21.0 Å². The van der Waals surface area contributed by atoms with Gasteiger partial charge in [-0.05, 0) is 56.3 Å². The highest BCUT2D eigenvalue weighted by atomic mass is 32.2. The zero-order valence-corrected chi connectivity index (χ0v) is 16.4. The molecule has 0 heterocycles. The van der Waals surface area contributed by atoms with E-state index in [4.69, 9.17) is 9.47 Å². The van der Waals surface area contributed by atoms with Crippen LogP contribution in [0.3, 0.4) is 0 Å². The van der Waals surface area contributed by atoms with Crippen LogP contribution >= 0.6 is 0 Å². The highest BCUT2D eigenvalue weighted by molar-refractivity contribution is 7.89. The van der Waals surface area contributed by atoms with Crippen molar-refractivity contribution in [2.45, 2.75) is 31.4 Å². The predicted molar refractivity (Wildman–Crippen MR) is 99.0 cm³/mol. The number of carbonyl (C=O) groups is 2. The van der Waals surface area contributed by atoms with E-state index >= 15 is 0 Å². The molecule has 0 saturated heterocycles. The Labute approximate surface area is 162 Å². The monoisotopic (exact) mass is 409 g/mol. The molecular formula is C19H20FNO6S. The third-order valence-corrected chi connectivity index (χ3v) is 5.42. The van der Waals surface area contributed by atoms with Gasteiger partial charge < -0.3 is 9.47 Å². The Balaban J connectivity index is 2.06. The molecule has 0 aromatic heterocycles. The van der Waals surface area contributed by atoms with Crippen LogP contribution in [0.2, 0.25) is 0 Å². The first kappa shape index (κ1) is 21.5. The van der Waals surface area contributed by atoms with Crippen LogP contribution in [0.1, 0.15) is 29.8 Å². The number of esters is 1. The zero-order chi connectivity index (χ0) is 20.9. The summed E-state index contributed by atoms with van der Waals surface area (Å²) in [4.78, 5) is 23.5. The van der Waals surface area contributed by atoms with Gasteiger partial charge in [0, 0.05) is 11.1 Å². The molecule has 7 nitrogen and oxygen atoms in total. The minimum absolute atomic E-state index is 0.157. The first-order valence-corrected chi connectivity index (χ1v) is 9.74. The second-order valence-electron chi connectivity index (χ2n) is 5.99. The molecule has 0 spiro atoms. The number of methoxy groups -OCH3 is 1. The number of rotatable bonds is 8. The summed E-state index contributed by atoms with van der Waals surface area (Å²) in [6, 6.07) is 7.73. The van der Waals surface area contributed by atoms with Crippen LogP contribution in [0.5, 0.6) is 5.75 Å². The smallest absolute Gasteiger partial charge is 0.324 e. The molecule has 2 rings (SSSR count). The van der Waals surface area contributed by atoms with Crippen molar-refractivity contribution in [1.29, 1.82) is 0 Å². The molecular weight excluding hydrogens is 389 g/mol. The maximum Gasteiger partial charge on any atom is 0.324 e. The van der Waals surface area contributed by atoms with Crippen LogP contribution < -0.4 is 9.46 Å². The van der Waals surface area contributed by atoms with Crippen LogP contribution in [-0.4, -0.2) is 33.3 Å². The highest BCUT2D eigenvalue weighted by Crippen LogP contribution is 2.21. The van der Waals surface area contributed by atoms with Crippen LogP contribution in [-0.2, 0) is 26.2 Å². The summed E-state index contributed by atoms with van der Waals surface area (Å²) in [7, 11) is -2.58. The van der Waals surface area contributed by atoms with Gasteiger partial charge in [-0.2, -0.15) is 4.72 Å². The quantitative estimate of drug-likeness (QED) is 0.531. The van der Waals surface area contributed by atoms with Gasteiger partial charge in [0.2, 0.25) is 10.0 Å². The molecule has 0 aliphatic heterocycles. The molecule has 0 bridgehead atoms. The third-order valence-electron chi connectivity index (χ3n) is 3.87. The van der Waals surface area contributed by atoms with E-state index in [9.17, 15) is 22.4 Å². The molecule has 28 heavy (non-hydrogen) atoms. The van der Waals surface area contributed by atoms with Gasteiger partial charge in [-0.25, -0.2) is 12.8 Å². The van der Waals surface area contributed by atoms with Gasteiger partial charge in [0.15, 0.2) is 5.78 Å². The SMILES string of the molecule is COc1ccc(C(C)=O)cc1COC(=O)[C@H](C)NS(=O)(=O)c1ccc(F)cc1. The Kier molecular flexibility index (Phi) is 6.87. The molecule has 1 atom stereocenters. The fraction of sp³-hybridized carbons (Fsp3) is 0.263. The lowest BCUT2D eigenvalue weighted by molar-refractivity contribution is -0.146. The molecule has 9 heteroatoms. The largest absolute Gasteiger partial charge is 0.496 e. The van der Waals surface area contributed by atoms with Gasteiger partial charge in [-0.3, -0.25) is 9.59 Å². The third kappa shape index (κ3) is 5.37. The average molecular weight is 409 g/mol. The van der Waals surface area contributed by atoms with Crippen LogP contribution in [0.15, 0.2) is 47.4 Å². The van der Waals surface area contributed by atoms with Gasteiger partial charge in [0.25, 0.3) is 0 Å². The van der Waals surface area contributed by atoms with E-state index in [1.807, 2.05) is 0 Å². The Morgan fingerprint density at radius 1 is 1.14 bits per heavy atom. The Bertz CT molecular complexity index is 972. The molecule has 0 aliphatic rings. The number of ether oxygens (including phenoxy) is 2. The number of halogens is 1. The summed E-state index contributed by atoms with van der Waals surface area (Å²) >= 11 is 0. The standard InChI is InChI=1S/C19H20FNO6S/c1-12(21-28(24,25)17-7-5-16(20)6-8-17)19(23)27-11-15-10-14(13(2)22)4-9-18(15)26-3/h4-10,12,21H,11H2,1-3H3/t12-/m0/s1. The van der Waals surface area contributed by atoms with Gasteiger partial charge in [0.05, 0.1) is 12.0 Å². The van der Waals surface area contributed by atoms with E-state index in [-0.39, 0.29) is 17.3 Å². The van der Waals surface area contributed by atoms with Crippen molar-refractivity contribution in [1.82, 2.24) is 4.72 Å². The lowest BCUT2D eigenvalue weighted by Gasteiger charge is -2.15. The summed E-state index contributed by atoms with van der Waals surface area (Å²) < 4.78 is 50.0. The zero-order valence-electron chi connectivity index (χ0n) is 15.6. The van der Waals surface area contributed by atoms with Crippen molar-refractivity contribution in [3.8, 4) is 5.75 Å². The summed E-state index contributed by atoms with van der Waals surface area (Å²) in [6.07, 6.45) is 0. The first-order chi connectivity index (χ1) is 13.1. The normalized spacial score (nSPS) is 12.3. The van der Waals surface area contributed by atoms with Gasteiger partial charge in [-0.15, -0.1) is 0 Å². The summed E-state index contributed by atoms with van der Waals surface area (Å²) in [5.41, 5.74) is 0.897. The lowest BCUT2D eigenvalue weighted by Crippen LogP contribution is -2.39. The molecule has 2 aromatic rings. The van der Waals surface area contributed by atoms with E-state index < -0.39 is 27.9 Å². The number of benzene rings is 2. The van der Waals surface area contributed by atoms with Crippen molar-refractivity contribution in [3.05, 3.63) is 59.4 Å². The van der Waals surface area contributed by atoms with E-state index in [0.717, 1.165) is 24.3 Å². The molecule has 0 saturated carbocycles.